The number of thiophene rings is 1. The number of piperidine rings is 1. The molecule has 0 spiro atoms. The van der Waals surface area contributed by atoms with Crippen LogP contribution in [0.4, 0.5) is 0 Å². The fourth-order valence-electron chi connectivity index (χ4n) is 3.68. The Morgan fingerprint density at radius 1 is 1.35 bits per heavy atom. The van der Waals surface area contributed by atoms with Crippen LogP contribution in [-0.4, -0.2) is 35.1 Å². The third-order valence-corrected chi connectivity index (χ3v) is 5.72. The molecule has 1 aliphatic carbocycles. The number of rotatable bonds is 3. The number of carbonyl (C=O) groups excluding carboxylic acids is 1. The molecule has 2 atom stereocenters. The average molecular weight is 293 g/mol. The van der Waals surface area contributed by atoms with Crippen molar-refractivity contribution in [3.8, 4) is 0 Å². The zero-order valence-corrected chi connectivity index (χ0v) is 12.7. The second-order valence-electron chi connectivity index (χ2n) is 5.94. The van der Waals surface area contributed by atoms with Crippen LogP contribution >= 0.6 is 11.3 Å². The maximum absolute atomic E-state index is 12.9. The zero-order valence-electron chi connectivity index (χ0n) is 11.9. The van der Waals surface area contributed by atoms with Gasteiger partial charge in [-0.15, -0.1) is 11.3 Å². The van der Waals surface area contributed by atoms with Gasteiger partial charge in [0, 0.05) is 24.1 Å². The highest BCUT2D eigenvalue weighted by molar-refractivity contribution is 7.10. The summed E-state index contributed by atoms with van der Waals surface area (Å²) in [6, 6.07) is 2.40. The number of nitrogens with zero attached hydrogens (tertiary/aromatic N) is 1. The van der Waals surface area contributed by atoms with Crippen molar-refractivity contribution < 1.29 is 9.90 Å². The maximum atomic E-state index is 12.9. The molecule has 1 aromatic heterocycles. The van der Waals surface area contributed by atoms with Gasteiger partial charge in [-0.1, -0.05) is 0 Å². The smallest absolute Gasteiger partial charge is 0.230 e. The summed E-state index contributed by atoms with van der Waals surface area (Å²) in [4.78, 5) is 16.4. The van der Waals surface area contributed by atoms with Crippen molar-refractivity contribution in [3.05, 3.63) is 21.9 Å². The van der Waals surface area contributed by atoms with E-state index in [0.717, 1.165) is 45.1 Å². The van der Waals surface area contributed by atoms with Crippen molar-refractivity contribution in [2.45, 2.75) is 56.9 Å². The first-order valence-corrected chi connectivity index (χ1v) is 8.67. The molecular formula is C16H23NO2S. The Morgan fingerprint density at radius 2 is 2.25 bits per heavy atom. The predicted octanol–water partition coefficient (Wildman–Crippen LogP) is 2.93. The first-order chi connectivity index (χ1) is 9.81. The molecule has 1 saturated heterocycles. The van der Waals surface area contributed by atoms with Crippen molar-refractivity contribution in [3.63, 3.8) is 0 Å². The third-order valence-electron chi connectivity index (χ3n) is 4.72. The van der Waals surface area contributed by atoms with Gasteiger partial charge in [-0.05, 0) is 62.0 Å². The minimum atomic E-state index is 0.0734. The Balaban J connectivity index is 1.78. The Morgan fingerprint density at radius 3 is 3.10 bits per heavy atom. The van der Waals surface area contributed by atoms with E-state index in [1.165, 1.54) is 16.9 Å². The number of aliphatic hydroxyl groups excluding tert-OH is 1. The molecule has 0 radical (unpaired) electrons. The van der Waals surface area contributed by atoms with Crippen molar-refractivity contribution >= 4 is 17.2 Å². The Bertz CT molecular complexity index is 469. The number of fused-ring (bicyclic) bond motifs is 1. The summed E-state index contributed by atoms with van der Waals surface area (Å²) in [5.41, 5.74) is 1.28. The molecule has 1 fully saturated rings. The highest BCUT2D eigenvalue weighted by Crippen LogP contribution is 2.37. The summed E-state index contributed by atoms with van der Waals surface area (Å²) in [6.45, 7) is 1.06. The number of aliphatic hydroxyl groups is 1. The van der Waals surface area contributed by atoms with E-state index in [4.69, 9.17) is 0 Å². The molecule has 2 heterocycles. The van der Waals surface area contributed by atoms with Crippen LogP contribution in [0.25, 0.3) is 0 Å². The molecular weight excluding hydrogens is 270 g/mol. The molecule has 0 bridgehead atoms. The molecule has 1 amide bonds. The highest BCUT2D eigenvalue weighted by Gasteiger charge is 2.34. The number of aryl methyl sites for hydroxylation is 1. The van der Waals surface area contributed by atoms with Gasteiger partial charge in [-0.25, -0.2) is 0 Å². The molecule has 2 unspecified atom stereocenters. The second-order valence-corrected chi connectivity index (χ2v) is 6.94. The standard InChI is InChI=1S/C16H23NO2S/c18-10-7-12-4-1-2-9-17(12)16(19)14-5-3-6-15-13(14)8-11-20-15/h8,11-12,14,18H,1-7,9-10H2. The van der Waals surface area contributed by atoms with Gasteiger partial charge >= 0.3 is 0 Å². The summed E-state index contributed by atoms with van der Waals surface area (Å²) >= 11 is 1.79. The minimum absolute atomic E-state index is 0.0734. The van der Waals surface area contributed by atoms with Crippen molar-refractivity contribution in [1.82, 2.24) is 4.90 Å². The number of amides is 1. The number of likely N-dealkylation sites (tertiary alicyclic amines) is 1. The lowest BCUT2D eigenvalue weighted by Gasteiger charge is -2.38. The summed E-state index contributed by atoms with van der Waals surface area (Å²) in [7, 11) is 0. The molecule has 110 valence electrons. The van der Waals surface area contributed by atoms with Crippen LogP contribution in [0.2, 0.25) is 0 Å². The second kappa shape index (κ2) is 6.27. The van der Waals surface area contributed by atoms with Crippen molar-refractivity contribution in [2.24, 2.45) is 0 Å². The van der Waals surface area contributed by atoms with Crippen LogP contribution in [0.3, 0.4) is 0 Å². The van der Waals surface area contributed by atoms with Gasteiger partial charge in [0.25, 0.3) is 0 Å². The summed E-state index contributed by atoms with van der Waals surface area (Å²) in [6.07, 6.45) is 7.33. The van der Waals surface area contributed by atoms with E-state index in [2.05, 4.69) is 16.3 Å². The molecule has 1 aromatic rings. The lowest BCUT2D eigenvalue weighted by Crippen LogP contribution is -2.46. The fraction of sp³-hybridized carbons (Fsp3) is 0.688. The molecule has 4 heteroatoms. The van der Waals surface area contributed by atoms with E-state index in [1.54, 1.807) is 11.3 Å². The Hall–Kier alpha value is -0.870. The lowest BCUT2D eigenvalue weighted by molar-refractivity contribution is -0.137. The highest BCUT2D eigenvalue weighted by atomic mass is 32.1. The molecule has 3 rings (SSSR count). The van der Waals surface area contributed by atoms with Crippen LogP contribution < -0.4 is 0 Å². The monoisotopic (exact) mass is 293 g/mol. The SMILES string of the molecule is O=C(C1CCCc2sccc21)N1CCCCC1CCO. The molecule has 2 aliphatic rings. The predicted molar refractivity (Wildman–Crippen MR) is 81.1 cm³/mol. The van der Waals surface area contributed by atoms with Gasteiger partial charge in [0.2, 0.25) is 5.91 Å². The average Bonchev–Trinajstić information content (AvgIpc) is 2.96. The van der Waals surface area contributed by atoms with Crippen molar-refractivity contribution in [1.29, 1.82) is 0 Å². The first kappa shape index (κ1) is 14.1. The van der Waals surface area contributed by atoms with Gasteiger partial charge in [0.1, 0.15) is 0 Å². The normalized spacial score (nSPS) is 26.4. The van der Waals surface area contributed by atoms with Crippen molar-refractivity contribution in [2.75, 3.05) is 13.2 Å². The number of hydrogen-bond acceptors (Lipinski definition) is 3. The van der Waals surface area contributed by atoms with Gasteiger partial charge in [0.15, 0.2) is 0 Å². The van der Waals surface area contributed by atoms with Gasteiger partial charge in [-0.3, -0.25) is 4.79 Å². The van der Waals surface area contributed by atoms with E-state index in [9.17, 15) is 9.90 Å². The third kappa shape index (κ3) is 2.63. The lowest BCUT2D eigenvalue weighted by atomic mass is 9.85. The maximum Gasteiger partial charge on any atom is 0.230 e. The van der Waals surface area contributed by atoms with Gasteiger partial charge < -0.3 is 10.0 Å². The van der Waals surface area contributed by atoms with E-state index >= 15 is 0 Å². The first-order valence-electron chi connectivity index (χ1n) is 7.79. The van der Waals surface area contributed by atoms with E-state index in [-0.39, 0.29) is 18.6 Å². The zero-order chi connectivity index (χ0) is 13.9. The van der Waals surface area contributed by atoms with Crippen LogP contribution in [0.1, 0.15) is 54.9 Å². The molecule has 20 heavy (non-hydrogen) atoms. The fourth-order valence-corrected chi connectivity index (χ4v) is 4.67. The molecule has 0 aromatic carbocycles. The Labute approximate surface area is 124 Å². The topological polar surface area (TPSA) is 40.5 Å². The van der Waals surface area contributed by atoms with Gasteiger partial charge in [-0.2, -0.15) is 0 Å². The van der Waals surface area contributed by atoms with E-state index in [1.807, 2.05) is 0 Å². The van der Waals surface area contributed by atoms with Crippen LogP contribution in [0.5, 0.6) is 0 Å². The summed E-state index contributed by atoms with van der Waals surface area (Å²) < 4.78 is 0. The minimum Gasteiger partial charge on any atom is -0.396 e. The largest absolute Gasteiger partial charge is 0.396 e. The summed E-state index contributed by atoms with van der Waals surface area (Å²) in [5, 5.41) is 11.3. The molecule has 1 aliphatic heterocycles. The Kier molecular flexibility index (Phi) is 4.41. The molecule has 0 saturated carbocycles. The van der Waals surface area contributed by atoms with E-state index in [0.29, 0.717) is 5.91 Å². The van der Waals surface area contributed by atoms with Gasteiger partial charge in [0.05, 0.1) is 5.92 Å². The quantitative estimate of drug-likeness (QED) is 0.931. The number of hydrogen-bond donors (Lipinski definition) is 1. The molecule has 1 N–H and O–H groups in total. The van der Waals surface area contributed by atoms with E-state index < -0.39 is 0 Å². The van der Waals surface area contributed by atoms with Crippen LogP contribution in [0.15, 0.2) is 11.4 Å². The van der Waals surface area contributed by atoms with Crippen LogP contribution in [0, 0.1) is 0 Å². The van der Waals surface area contributed by atoms with Crippen LogP contribution in [-0.2, 0) is 11.2 Å². The molecule has 3 nitrogen and oxygen atoms in total. The summed E-state index contributed by atoms with van der Waals surface area (Å²) in [5.74, 6) is 0.381. The number of carbonyl (C=O) groups is 1.